The number of phenolic OH excluding ortho intramolecular Hbond substituents is 4. The molecule has 0 saturated carbocycles. The molecule has 0 aromatic heterocycles. The Bertz CT molecular complexity index is 2450. The fourth-order valence-corrected chi connectivity index (χ4v) is 9.28. The van der Waals surface area contributed by atoms with Crippen LogP contribution in [0.25, 0.3) is 0 Å². The van der Waals surface area contributed by atoms with Gasteiger partial charge in [-0.2, -0.15) is 0 Å². The van der Waals surface area contributed by atoms with Crippen molar-refractivity contribution in [3.8, 4) is 23.0 Å². The topological polar surface area (TPSA) is 230 Å². The SMILES string of the molecule is C.C=C(Cc1cc(CC)c(O)cc1CCC(C)CC)C(=O)O.C=C(Cc1cc(CC)c(O)cc1CCC(C)CC)C(=O)O.C=C(Cc1cc(CC)c(O)cc1CCC(C)CC)C(=O)O.C=C(Cc1cc(CC)c(O)cc1CCC(C)CC)C(=O)O. The fourth-order valence-electron chi connectivity index (χ4n) is 9.28. The van der Waals surface area contributed by atoms with E-state index in [1.807, 2.05) is 52.0 Å². The number of aryl methyl sites for hydroxylation is 8. The van der Waals surface area contributed by atoms with Gasteiger partial charge in [0.1, 0.15) is 23.0 Å². The largest absolute Gasteiger partial charge is 0.508 e. The summed E-state index contributed by atoms with van der Waals surface area (Å²) in [5.74, 6) is -0.152. The molecule has 0 radical (unpaired) electrons. The van der Waals surface area contributed by atoms with Gasteiger partial charge in [-0.25, -0.2) is 19.2 Å². The summed E-state index contributed by atoms with van der Waals surface area (Å²) in [4.78, 5) is 44.0. The van der Waals surface area contributed by atoms with E-state index in [1.165, 1.54) is 0 Å². The average molecular weight is 1180 g/mol. The zero-order chi connectivity index (χ0) is 64.0. The van der Waals surface area contributed by atoms with Gasteiger partial charge in [-0.1, -0.05) is 167 Å². The summed E-state index contributed by atoms with van der Waals surface area (Å²) < 4.78 is 0. The summed E-state index contributed by atoms with van der Waals surface area (Å²) in [5.41, 5.74) is 12.2. The van der Waals surface area contributed by atoms with Crippen LogP contribution in [0.15, 0.2) is 97.1 Å². The van der Waals surface area contributed by atoms with E-state index in [4.69, 9.17) is 20.4 Å². The van der Waals surface area contributed by atoms with Crippen LogP contribution in [0.4, 0.5) is 0 Å². The van der Waals surface area contributed by atoms with Crippen molar-refractivity contribution >= 4 is 23.9 Å². The maximum Gasteiger partial charge on any atom is 0.331 e. The van der Waals surface area contributed by atoms with Gasteiger partial charge in [-0.3, -0.25) is 0 Å². The van der Waals surface area contributed by atoms with Crippen molar-refractivity contribution in [2.24, 2.45) is 23.7 Å². The number of carboxylic acid groups (broad SMARTS) is 4. The molecule has 4 atom stereocenters. The quantitative estimate of drug-likeness (QED) is 0.0214. The molecular formula is C73H108O12. The third-order valence-electron chi connectivity index (χ3n) is 16.4. The van der Waals surface area contributed by atoms with Crippen LogP contribution in [0.1, 0.15) is 209 Å². The molecule has 0 amide bonds. The van der Waals surface area contributed by atoms with Gasteiger partial charge in [0.15, 0.2) is 0 Å². The molecule has 0 bridgehead atoms. The first-order valence-corrected chi connectivity index (χ1v) is 30.5. The Kier molecular flexibility index (Phi) is 36.9. The minimum Gasteiger partial charge on any atom is -0.508 e. The zero-order valence-electron chi connectivity index (χ0n) is 53.1. The van der Waals surface area contributed by atoms with Crippen LogP contribution in [0, 0.1) is 23.7 Å². The lowest BCUT2D eigenvalue weighted by molar-refractivity contribution is -0.133. The number of aromatic hydroxyl groups is 4. The van der Waals surface area contributed by atoms with Crippen molar-refractivity contribution in [1.29, 1.82) is 0 Å². The number of carbonyl (C=O) groups is 4. The number of aliphatic carboxylic acids is 4. The molecule has 12 nitrogen and oxygen atoms in total. The number of rotatable bonds is 32. The number of hydrogen-bond donors (Lipinski definition) is 8. The average Bonchev–Trinajstić information content (AvgIpc) is 3.66. The molecule has 0 saturated heterocycles. The summed E-state index contributed by atoms with van der Waals surface area (Å²) >= 11 is 0. The third kappa shape index (κ3) is 27.7. The molecule has 8 N–H and O–H groups in total. The van der Waals surface area contributed by atoms with Gasteiger partial charge in [0, 0.05) is 48.0 Å². The lowest BCUT2D eigenvalue weighted by Gasteiger charge is -2.15. The normalized spacial score (nSPS) is 12.0. The Morgan fingerprint density at radius 3 is 0.612 bits per heavy atom. The molecule has 0 heterocycles. The number of benzene rings is 4. The maximum atomic E-state index is 11.0. The molecule has 472 valence electrons. The maximum absolute atomic E-state index is 11.0. The highest BCUT2D eigenvalue weighted by molar-refractivity contribution is 5.88. The molecular weight excluding hydrogens is 1070 g/mol. The van der Waals surface area contributed by atoms with E-state index >= 15 is 0 Å². The molecule has 0 aliphatic carbocycles. The predicted octanol–water partition coefficient (Wildman–Crippen LogP) is 17.1. The first-order chi connectivity index (χ1) is 39.5. The minimum absolute atomic E-state index is 0. The highest BCUT2D eigenvalue weighted by atomic mass is 16.4. The Hall–Kier alpha value is -7.08. The smallest absolute Gasteiger partial charge is 0.331 e. The van der Waals surface area contributed by atoms with E-state index in [1.54, 1.807) is 24.3 Å². The Balaban J connectivity index is 0.00000110. The van der Waals surface area contributed by atoms with Crippen molar-refractivity contribution in [3.05, 3.63) is 164 Å². The summed E-state index contributed by atoms with van der Waals surface area (Å²) in [5, 5.41) is 76.3. The predicted molar refractivity (Wildman–Crippen MR) is 350 cm³/mol. The van der Waals surface area contributed by atoms with Gasteiger partial charge < -0.3 is 40.9 Å². The zero-order valence-corrected chi connectivity index (χ0v) is 53.1. The van der Waals surface area contributed by atoms with Gasteiger partial charge in [0.25, 0.3) is 0 Å². The van der Waals surface area contributed by atoms with E-state index in [-0.39, 0.29) is 29.7 Å². The molecule has 4 rings (SSSR count). The molecule has 12 heteroatoms. The summed E-state index contributed by atoms with van der Waals surface area (Å²) in [6.07, 6.45) is 16.3. The van der Waals surface area contributed by atoms with Crippen LogP contribution in [-0.4, -0.2) is 64.7 Å². The van der Waals surface area contributed by atoms with Crippen molar-refractivity contribution in [1.82, 2.24) is 0 Å². The Morgan fingerprint density at radius 1 is 0.318 bits per heavy atom. The van der Waals surface area contributed by atoms with Crippen LogP contribution in [0.2, 0.25) is 0 Å². The van der Waals surface area contributed by atoms with Crippen molar-refractivity contribution in [2.45, 2.75) is 219 Å². The van der Waals surface area contributed by atoms with Crippen LogP contribution in [-0.2, 0) is 96.2 Å². The molecule has 4 aromatic rings. The summed E-state index contributed by atoms with van der Waals surface area (Å²) in [6, 6.07) is 14.9. The first kappa shape index (κ1) is 77.9. The van der Waals surface area contributed by atoms with Crippen LogP contribution >= 0.6 is 0 Å². The molecule has 0 fully saturated rings. The third-order valence-corrected chi connectivity index (χ3v) is 16.4. The van der Waals surface area contributed by atoms with E-state index in [0.717, 1.165) is 169 Å². The minimum atomic E-state index is -0.964. The Labute approximate surface area is 511 Å². The van der Waals surface area contributed by atoms with Gasteiger partial charge in [0.2, 0.25) is 0 Å². The van der Waals surface area contributed by atoms with Gasteiger partial charge in [0.05, 0.1) is 0 Å². The van der Waals surface area contributed by atoms with E-state index in [9.17, 15) is 39.6 Å². The number of carboxylic acids is 4. The lowest BCUT2D eigenvalue weighted by Crippen LogP contribution is -2.06. The molecule has 0 aliphatic heterocycles. The van der Waals surface area contributed by atoms with Crippen molar-refractivity contribution in [3.63, 3.8) is 0 Å². The van der Waals surface area contributed by atoms with Gasteiger partial charge in [-0.15, -0.1) is 0 Å². The molecule has 85 heavy (non-hydrogen) atoms. The highest BCUT2D eigenvalue weighted by Crippen LogP contribution is 2.31. The highest BCUT2D eigenvalue weighted by Gasteiger charge is 2.18. The number of phenols is 4. The second kappa shape index (κ2) is 40.3. The van der Waals surface area contributed by atoms with Crippen molar-refractivity contribution in [2.75, 3.05) is 0 Å². The molecule has 4 unspecified atom stereocenters. The fraction of sp³-hybridized carbons (Fsp3) is 0.507. The monoisotopic (exact) mass is 1180 g/mol. The van der Waals surface area contributed by atoms with E-state index < -0.39 is 23.9 Å². The first-order valence-electron chi connectivity index (χ1n) is 30.5. The van der Waals surface area contributed by atoms with E-state index in [0.29, 0.717) is 72.4 Å². The number of hydrogen-bond acceptors (Lipinski definition) is 8. The second-order valence-electron chi connectivity index (χ2n) is 23.0. The standard InChI is InChI=1S/4C18H26O3.CH4/c4*1-5-12(3)7-8-15-11-17(19)14(6-2)10-16(15)9-13(4)18(20)21;/h4*10-12,19H,4-9H2,1-3H3,(H,20,21);1H4. The van der Waals surface area contributed by atoms with Crippen LogP contribution in [0.5, 0.6) is 23.0 Å². The second-order valence-corrected chi connectivity index (χ2v) is 23.0. The molecule has 0 aliphatic rings. The van der Waals surface area contributed by atoms with Crippen molar-refractivity contribution < 1.29 is 60.0 Å². The van der Waals surface area contributed by atoms with Crippen LogP contribution < -0.4 is 0 Å². The van der Waals surface area contributed by atoms with Gasteiger partial charge in [-0.05, 0) is 192 Å². The molecule has 0 spiro atoms. The summed E-state index contributed by atoms with van der Waals surface area (Å²) in [6.45, 7) is 39.8. The van der Waals surface area contributed by atoms with Crippen LogP contribution in [0.3, 0.4) is 0 Å². The summed E-state index contributed by atoms with van der Waals surface area (Å²) in [7, 11) is 0. The lowest BCUT2D eigenvalue weighted by atomic mass is 9.91. The van der Waals surface area contributed by atoms with E-state index in [2.05, 4.69) is 81.7 Å². The Morgan fingerprint density at radius 2 is 0.482 bits per heavy atom. The van der Waals surface area contributed by atoms with Gasteiger partial charge >= 0.3 is 23.9 Å². The molecule has 4 aromatic carbocycles.